The molecule has 1 heterocycles. The van der Waals surface area contributed by atoms with E-state index in [2.05, 4.69) is 5.32 Å². The molecule has 2 rings (SSSR count). The van der Waals surface area contributed by atoms with Gasteiger partial charge in [0, 0.05) is 12.3 Å². The number of thiophene rings is 1. The molecule has 4 nitrogen and oxygen atoms in total. The van der Waals surface area contributed by atoms with E-state index in [0.29, 0.717) is 5.00 Å². The minimum absolute atomic E-state index is 0.143. The van der Waals surface area contributed by atoms with Crippen LogP contribution in [-0.4, -0.2) is 20.6 Å². The maximum Gasteiger partial charge on any atom is 0.249 e. The number of benzene rings is 1. The summed E-state index contributed by atoms with van der Waals surface area (Å²) in [5.41, 5.74) is 0.900. The average Bonchev–Trinajstić information content (AvgIpc) is 2.86. The molecule has 0 aliphatic rings. The Morgan fingerprint density at radius 2 is 1.90 bits per heavy atom. The molecular formula is C14H13NO3S2. The molecule has 1 N–H and O–H groups in total. The zero-order valence-electron chi connectivity index (χ0n) is 10.7. The van der Waals surface area contributed by atoms with Crippen molar-refractivity contribution >= 4 is 38.2 Å². The van der Waals surface area contributed by atoms with Gasteiger partial charge in [0.05, 0.1) is 0 Å². The molecular weight excluding hydrogens is 294 g/mol. The van der Waals surface area contributed by atoms with Crippen LogP contribution in [0.15, 0.2) is 52.7 Å². The molecule has 104 valence electrons. The van der Waals surface area contributed by atoms with Crippen LogP contribution < -0.4 is 5.32 Å². The van der Waals surface area contributed by atoms with Crippen LogP contribution in [0.25, 0.3) is 6.08 Å². The summed E-state index contributed by atoms with van der Waals surface area (Å²) in [7, 11) is -3.33. The van der Waals surface area contributed by atoms with E-state index in [1.807, 2.05) is 30.3 Å². The molecule has 20 heavy (non-hydrogen) atoms. The van der Waals surface area contributed by atoms with Crippen molar-refractivity contribution in [2.24, 2.45) is 0 Å². The van der Waals surface area contributed by atoms with Crippen molar-refractivity contribution in [1.29, 1.82) is 0 Å². The molecule has 0 spiro atoms. The molecule has 0 radical (unpaired) electrons. The van der Waals surface area contributed by atoms with Gasteiger partial charge in [0.25, 0.3) is 0 Å². The van der Waals surface area contributed by atoms with Crippen LogP contribution in [0.2, 0.25) is 0 Å². The minimum atomic E-state index is -3.33. The fourth-order valence-electron chi connectivity index (χ4n) is 1.57. The third-order valence-electron chi connectivity index (χ3n) is 2.49. The van der Waals surface area contributed by atoms with Crippen LogP contribution in [0.1, 0.15) is 5.56 Å². The smallest absolute Gasteiger partial charge is 0.249 e. The van der Waals surface area contributed by atoms with Gasteiger partial charge >= 0.3 is 0 Å². The molecule has 1 amide bonds. The molecule has 0 saturated carbocycles. The normalized spacial score (nSPS) is 11.7. The lowest BCUT2D eigenvalue weighted by atomic mass is 10.2. The van der Waals surface area contributed by atoms with Crippen LogP contribution in [0, 0.1) is 0 Å². The van der Waals surface area contributed by atoms with Gasteiger partial charge in [0.15, 0.2) is 9.84 Å². The Kier molecular flexibility index (Phi) is 4.36. The molecule has 6 heteroatoms. The topological polar surface area (TPSA) is 63.2 Å². The van der Waals surface area contributed by atoms with Crippen molar-refractivity contribution in [2.75, 3.05) is 11.6 Å². The second-order valence-corrected chi connectivity index (χ2v) is 7.02. The molecule has 0 unspecified atom stereocenters. The van der Waals surface area contributed by atoms with Crippen LogP contribution in [0.3, 0.4) is 0 Å². The monoisotopic (exact) mass is 307 g/mol. The molecule has 0 bridgehead atoms. The van der Waals surface area contributed by atoms with Crippen LogP contribution in [0.4, 0.5) is 5.00 Å². The molecule has 1 aromatic heterocycles. The Bertz CT molecular complexity index is 731. The van der Waals surface area contributed by atoms with Gasteiger partial charge in [0.2, 0.25) is 5.91 Å². The number of carbonyl (C=O) groups is 1. The number of nitrogens with one attached hydrogen (secondary N) is 1. The fraction of sp³-hybridized carbons (Fsp3) is 0.0714. The standard InChI is InChI=1S/C14H13NO3S2/c1-20(17,18)12-9-10-19-14(12)15-13(16)8-7-11-5-3-2-4-6-11/h2-10H,1H3,(H,15,16). The predicted molar refractivity (Wildman–Crippen MR) is 81.5 cm³/mol. The number of carbonyl (C=O) groups excluding carboxylic acids is 1. The second-order valence-electron chi connectivity index (χ2n) is 4.12. The summed E-state index contributed by atoms with van der Waals surface area (Å²) in [5, 5.41) is 4.56. The second kappa shape index (κ2) is 6.02. The highest BCUT2D eigenvalue weighted by molar-refractivity contribution is 7.91. The van der Waals surface area contributed by atoms with Gasteiger partial charge in [-0.3, -0.25) is 4.79 Å². The van der Waals surface area contributed by atoms with Crippen molar-refractivity contribution in [3.8, 4) is 0 Å². The Hall–Kier alpha value is -1.92. The van der Waals surface area contributed by atoms with E-state index in [4.69, 9.17) is 0 Å². The van der Waals surface area contributed by atoms with Gasteiger partial charge < -0.3 is 5.32 Å². The van der Waals surface area contributed by atoms with Crippen molar-refractivity contribution in [1.82, 2.24) is 0 Å². The number of sulfone groups is 1. The average molecular weight is 307 g/mol. The van der Waals surface area contributed by atoms with Gasteiger partial charge in [-0.05, 0) is 23.1 Å². The fourth-order valence-corrected chi connectivity index (χ4v) is 3.64. The molecule has 1 aromatic carbocycles. The Balaban J connectivity index is 2.10. The first-order chi connectivity index (χ1) is 9.47. The highest BCUT2D eigenvalue weighted by Gasteiger charge is 2.15. The summed E-state index contributed by atoms with van der Waals surface area (Å²) in [5.74, 6) is -0.360. The molecule has 0 saturated heterocycles. The van der Waals surface area contributed by atoms with Crippen LogP contribution in [-0.2, 0) is 14.6 Å². The molecule has 0 fully saturated rings. The van der Waals surface area contributed by atoms with E-state index in [9.17, 15) is 13.2 Å². The summed E-state index contributed by atoms with van der Waals surface area (Å²) in [4.78, 5) is 11.9. The SMILES string of the molecule is CS(=O)(=O)c1ccsc1NC(=O)C=Cc1ccccc1. The number of hydrogen-bond donors (Lipinski definition) is 1. The lowest BCUT2D eigenvalue weighted by Gasteiger charge is -2.02. The lowest BCUT2D eigenvalue weighted by Crippen LogP contribution is -2.09. The van der Waals surface area contributed by atoms with E-state index in [-0.39, 0.29) is 10.8 Å². The summed E-state index contributed by atoms with van der Waals surface area (Å²) in [6.45, 7) is 0. The summed E-state index contributed by atoms with van der Waals surface area (Å²) in [6.07, 6.45) is 4.16. The Morgan fingerprint density at radius 3 is 2.55 bits per heavy atom. The maximum atomic E-state index is 11.8. The highest BCUT2D eigenvalue weighted by Crippen LogP contribution is 2.27. The van der Waals surface area contributed by atoms with Gasteiger partial charge in [-0.1, -0.05) is 30.3 Å². The Labute approximate surface area is 121 Å². The van der Waals surface area contributed by atoms with Gasteiger partial charge in [-0.2, -0.15) is 0 Å². The molecule has 0 atom stereocenters. The Morgan fingerprint density at radius 1 is 1.20 bits per heavy atom. The van der Waals surface area contributed by atoms with E-state index in [0.717, 1.165) is 11.8 Å². The van der Waals surface area contributed by atoms with Crippen LogP contribution >= 0.6 is 11.3 Å². The van der Waals surface area contributed by atoms with E-state index in [1.54, 1.807) is 11.5 Å². The first kappa shape index (κ1) is 14.5. The zero-order chi connectivity index (χ0) is 14.6. The quantitative estimate of drug-likeness (QED) is 0.883. The summed E-state index contributed by atoms with van der Waals surface area (Å²) >= 11 is 1.18. The number of hydrogen-bond acceptors (Lipinski definition) is 4. The van der Waals surface area contributed by atoms with Gasteiger partial charge in [-0.15, -0.1) is 11.3 Å². The number of rotatable bonds is 4. The largest absolute Gasteiger partial charge is 0.313 e. The first-order valence-corrected chi connectivity index (χ1v) is 8.55. The number of anilines is 1. The van der Waals surface area contributed by atoms with Crippen molar-refractivity contribution < 1.29 is 13.2 Å². The van der Waals surface area contributed by atoms with E-state index in [1.165, 1.54) is 23.5 Å². The van der Waals surface area contributed by atoms with E-state index < -0.39 is 9.84 Å². The summed E-state index contributed by atoms with van der Waals surface area (Å²) < 4.78 is 23.0. The van der Waals surface area contributed by atoms with Gasteiger partial charge in [0.1, 0.15) is 9.90 Å². The van der Waals surface area contributed by atoms with Crippen molar-refractivity contribution in [3.05, 3.63) is 53.4 Å². The lowest BCUT2D eigenvalue weighted by molar-refractivity contribution is -0.111. The summed E-state index contributed by atoms with van der Waals surface area (Å²) in [6, 6.07) is 10.9. The molecule has 0 aliphatic carbocycles. The van der Waals surface area contributed by atoms with Crippen LogP contribution in [0.5, 0.6) is 0 Å². The minimum Gasteiger partial charge on any atom is -0.313 e. The van der Waals surface area contributed by atoms with Crippen molar-refractivity contribution in [3.63, 3.8) is 0 Å². The third kappa shape index (κ3) is 3.79. The first-order valence-electron chi connectivity index (χ1n) is 5.78. The predicted octanol–water partition coefficient (Wildman–Crippen LogP) is 2.80. The van der Waals surface area contributed by atoms with E-state index >= 15 is 0 Å². The third-order valence-corrected chi connectivity index (χ3v) is 4.59. The number of amides is 1. The van der Waals surface area contributed by atoms with Crippen molar-refractivity contribution in [2.45, 2.75) is 4.90 Å². The molecule has 2 aromatic rings. The van der Waals surface area contributed by atoms with Gasteiger partial charge in [-0.25, -0.2) is 8.42 Å². The molecule has 0 aliphatic heterocycles. The zero-order valence-corrected chi connectivity index (χ0v) is 12.4. The maximum absolute atomic E-state index is 11.8. The highest BCUT2D eigenvalue weighted by atomic mass is 32.2.